The molecule has 2 N–H and O–H groups in total. The van der Waals surface area contributed by atoms with E-state index in [1.165, 1.54) is 24.2 Å². The van der Waals surface area contributed by atoms with Gasteiger partial charge in [0.2, 0.25) is 0 Å². The average molecular weight is 402 g/mol. The van der Waals surface area contributed by atoms with Crippen LogP contribution in [0.1, 0.15) is 72.6 Å². The summed E-state index contributed by atoms with van der Waals surface area (Å²) >= 11 is 0. The van der Waals surface area contributed by atoms with Crippen LogP contribution in [-0.4, -0.2) is 45.1 Å². The largest absolute Gasteiger partial charge is 0.360 e. The predicted octanol–water partition coefficient (Wildman–Crippen LogP) is 3.55. The maximum Gasteiger partial charge on any atom is 0.250 e. The Labute approximate surface area is 174 Å². The van der Waals surface area contributed by atoms with E-state index in [0.29, 0.717) is 18.5 Å². The zero-order chi connectivity index (χ0) is 20.9. The summed E-state index contributed by atoms with van der Waals surface area (Å²) in [6, 6.07) is 9.40. The molecule has 0 radical (unpaired) electrons. The van der Waals surface area contributed by atoms with Gasteiger partial charge in [0.1, 0.15) is 5.54 Å². The molecule has 2 aliphatic heterocycles. The van der Waals surface area contributed by atoms with Gasteiger partial charge in [-0.25, -0.2) is 0 Å². The van der Waals surface area contributed by atoms with Gasteiger partial charge >= 0.3 is 0 Å². The number of rotatable bonds is 3. The number of aliphatic hydroxyl groups is 1. The van der Waals surface area contributed by atoms with Gasteiger partial charge in [-0.3, -0.25) is 19.8 Å². The molecule has 6 heteroatoms. The fourth-order valence-corrected chi connectivity index (χ4v) is 5.92. The highest BCUT2D eigenvalue weighted by Gasteiger charge is 2.62. The standard InChI is InChI=1S/C23H35N3O3/c1-21(2)15-23(16-22(3,4)26(21)29-18-13-9-6-10-14-18)19(27)25(20(28)24-23)17-11-7-5-8-12-17/h5,7-8,11-12,18,20,24,28H,6,9-10,13-16H2,1-4H3. The van der Waals surface area contributed by atoms with E-state index in [1.54, 1.807) is 0 Å². The number of aliphatic hydroxyl groups excluding tert-OH is 1. The smallest absolute Gasteiger partial charge is 0.250 e. The lowest BCUT2D eigenvalue weighted by Crippen LogP contribution is -2.70. The van der Waals surface area contributed by atoms with Crippen molar-refractivity contribution in [3.8, 4) is 0 Å². The highest BCUT2D eigenvalue weighted by molar-refractivity contribution is 6.03. The molecule has 1 atom stereocenters. The first-order valence-corrected chi connectivity index (χ1v) is 11.0. The molecule has 1 unspecified atom stereocenters. The van der Waals surface area contributed by atoms with E-state index in [1.807, 2.05) is 30.3 Å². The van der Waals surface area contributed by atoms with Crippen molar-refractivity contribution >= 4 is 11.6 Å². The molecule has 1 amide bonds. The van der Waals surface area contributed by atoms with Gasteiger partial charge in [-0.15, -0.1) is 0 Å². The Morgan fingerprint density at radius 2 is 1.59 bits per heavy atom. The second-order valence-corrected chi connectivity index (χ2v) is 10.2. The summed E-state index contributed by atoms with van der Waals surface area (Å²) in [6.45, 7) is 8.58. The lowest BCUT2D eigenvalue weighted by Gasteiger charge is -2.57. The Bertz CT molecular complexity index is 725. The maximum atomic E-state index is 13.6. The third-order valence-corrected chi connectivity index (χ3v) is 6.69. The summed E-state index contributed by atoms with van der Waals surface area (Å²) in [4.78, 5) is 21.7. The quantitative estimate of drug-likeness (QED) is 0.811. The monoisotopic (exact) mass is 401 g/mol. The Balaban J connectivity index is 1.60. The number of benzene rings is 1. The Hall–Kier alpha value is -1.47. The van der Waals surface area contributed by atoms with Crippen molar-refractivity contribution in [1.82, 2.24) is 10.4 Å². The van der Waals surface area contributed by atoms with Gasteiger partial charge in [-0.2, -0.15) is 5.06 Å². The first kappa shape index (κ1) is 20.8. The van der Waals surface area contributed by atoms with Crippen LogP contribution in [0.25, 0.3) is 0 Å². The molecule has 2 saturated heterocycles. The van der Waals surface area contributed by atoms with Crippen LogP contribution in [0, 0.1) is 0 Å². The van der Waals surface area contributed by atoms with Crippen molar-refractivity contribution in [2.45, 2.75) is 102 Å². The zero-order valence-electron chi connectivity index (χ0n) is 18.1. The molecule has 4 rings (SSSR count). The van der Waals surface area contributed by atoms with Gasteiger partial charge < -0.3 is 5.11 Å². The molecule has 0 bridgehead atoms. The van der Waals surface area contributed by atoms with E-state index in [0.717, 1.165) is 12.8 Å². The van der Waals surface area contributed by atoms with Crippen molar-refractivity contribution in [3.63, 3.8) is 0 Å². The van der Waals surface area contributed by atoms with E-state index < -0.39 is 11.9 Å². The fourth-order valence-electron chi connectivity index (χ4n) is 5.92. The van der Waals surface area contributed by atoms with Gasteiger partial charge in [0, 0.05) is 16.8 Å². The van der Waals surface area contributed by atoms with E-state index in [2.05, 4.69) is 38.1 Å². The number of carbonyl (C=O) groups is 1. The zero-order valence-corrected chi connectivity index (χ0v) is 18.1. The first-order chi connectivity index (χ1) is 13.6. The summed E-state index contributed by atoms with van der Waals surface area (Å²) in [6.07, 6.45) is 6.34. The van der Waals surface area contributed by atoms with Crippen LogP contribution in [0.4, 0.5) is 5.69 Å². The molecule has 1 aromatic carbocycles. The molecule has 3 fully saturated rings. The van der Waals surface area contributed by atoms with Crippen molar-refractivity contribution < 1.29 is 14.7 Å². The molecule has 160 valence electrons. The van der Waals surface area contributed by atoms with E-state index in [-0.39, 0.29) is 23.1 Å². The Morgan fingerprint density at radius 1 is 1.00 bits per heavy atom. The second-order valence-electron chi connectivity index (χ2n) is 10.2. The van der Waals surface area contributed by atoms with Crippen molar-refractivity contribution in [3.05, 3.63) is 30.3 Å². The van der Waals surface area contributed by atoms with Crippen LogP contribution in [0.2, 0.25) is 0 Å². The van der Waals surface area contributed by atoms with Crippen LogP contribution < -0.4 is 10.2 Å². The fraction of sp³-hybridized carbons (Fsp3) is 0.696. The molecule has 29 heavy (non-hydrogen) atoms. The average Bonchev–Trinajstić information content (AvgIpc) is 2.88. The number of hydroxylamine groups is 2. The molecule has 1 saturated carbocycles. The Morgan fingerprint density at radius 3 is 2.17 bits per heavy atom. The number of nitrogens with one attached hydrogen (secondary N) is 1. The SMILES string of the molecule is CC1(C)CC2(CC(C)(C)N1OC1CCCCC1)NC(O)N(c1ccccc1)C2=O. The number of anilines is 1. The lowest BCUT2D eigenvalue weighted by molar-refractivity contribution is -0.315. The number of piperidine rings is 1. The lowest BCUT2D eigenvalue weighted by atomic mass is 9.70. The highest BCUT2D eigenvalue weighted by atomic mass is 16.7. The van der Waals surface area contributed by atoms with Crippen molar-refractivity contribution in [1.29, 1.82) is 0 Å². The minimum absolute atomic E-state index is 0.0605. The molecule has 1 aromatic rings. The van der Waals surface area contributed by atoms with E-state index in [4.69, 9.17) is 4.84 Å². The molecular weight excluding hydrogens is 366 g/mol. The number of para-hydroxylation sites is 1. The number of amides is 1. The molecule has 0 aromatic heterocycles. The van der Waals surface area contributed by atoms with Crippen LogP contribution in [0.5, 0.6) is 0 Å². The summed E-state index contributed by atoms with van der Waals surface area (Å²) in [5, 5.41) is 16.1. The summed E-state index contributed by atoms with van der Waals surface area (Å²) < 4.78 is 0. The molecule has 3 aliphatic rings. The molecule has 2 heterocycles. The molecule has 1 spiro atoms. The van der Waals surface area contributed by atoms with Crippen molar-refractivity contribution in [2.24, 2.45) is 0 Å². The third-order valence-electron chi connectivity index (χ3n) is 6.69. The first-order valence-electron chi connectivity index (χ1n) is 11.0. The van der Waals surface area contributed by atoms with E-state index >= 15 is 0 Å². The second kappa shape index (κ2) is 7.34. The normalized spacial score (nSPS) is 29.5. The van der Waals surface area contributed by atoms with Crippen LogP contribution >= 0.6 is 0 Å². The number of hydrogen-bond donors (Lipinski definition) is 2. The number of nitrogens with zero attached hydrogens (tertiary/aromatic N) is 2. The summed E-state index contributed by atoms with van der Waals surface area (Å²) in [5.41, 5.74) is -0.803. The number of hydrogen-bond acceptors (Lipinski definition) is 5. The third kappa shape index (κ3) is 3.72. The predicted molar refractivity (Wildman–Crippen MR) is 113 cm³/mol. The summed E-state index contributed by atoms with van der Waals surface area (Å²) in [7, 11) is 0. The van der Waals surface area contributed by atoms with Gasteiger partial charge in [0.25, 0.3) is 5.91 Å². The number of carbonyl (C=O) groups excluding carboxylic acids is 1. The molecular formula is C23H35N3O3. The van der Waals surface area contributed by atoms with Gasteiger partial charge in [0.05, 0.1) is 6.10 Å². The van der Waals surface area contributed by atoms with Crippen molar-refractivity contribution in [2.75, 3.05) is 4.90 Å². The minimum atomic E-state index is -1.03. The van der Waals surface area contributed by atoms with Gasteiger partial charge in [-0.05, 0) is 65.5 Å². The van der Waals surface area contributed by atoms with Crippen LogP contribution in [0.15, 0.2) is 30.3 Å². The topological polar surface area (TPSA) is 65.0 Å². The Kier molecular flexibility index (Phi) is 5.26. The van der Waals surface area contributed by atoms with Crippen LogP contribution in [-0.2, 0) is 9.63 Å². The minimum Gasteiger partial charge on any atom is -0.360 e. The van der Waals surface area contributed by atoms with Gasteiger partial charge in [0.15, 0.2) is 6.35 Å². The summed E-state index contributed by atoms with van der Waals surface area (Å²) in [5.74, 6) is -0.0605. The highest BCUT2D eigenvalue weighted by Crippen LogP contribution is 2.47. The van der Waals surface area contributed by atoms with Crippen LogP contribution in [0.3, 0.4) is 0 Å². The molecule has 6 nitrogen and oxygen atoms in total. The molecule has 1 aliphatic carbocycles. The maximum absolute atomic E-state index is 13.6. The van der Waals surface area contributed by atoms with E-state index in [9.17, 15) is 9.90 Å². The van der Waals surface area contributed by atoms with Gasteiger partial charge in [-0.1, -0.05) is 37.5 Å².